The van der Waals surface area contributed by atoms with Gasteiger partial charge in [-0.05, 0) is 49.4 Å². The molecule has 2 aromatic carbocycles. The number of nitrogens with zero attached hydrogens (tertiary/aromatic N) is 1. The summed E-state index contributed by atoms with van der Waals surface area (Å²) in [5, 5.41) is 0. The fourth-order valence-corrected chi connectivity index (χ4v) is 3.62. The molecule has 0 N–H and O–H groups in total. The summed E-state index contributed by atoms with van der Waals surface area (Å²) in [5.74, 6) is 0.895. The van der Waals surface area contributed by atoms with E-state index in [1.54, 1.807) is 56.5 Å². The van der Waals surface area contributed by atoms with Crippen LogP contribution in [0, 0.1) is 0 Å². The van der Waals surface area contributed by atoms with Crippen molar-refractivity contribution in [2.45, 2.75) is 6.92 Å². The lowest BCUT2D eigenvalue weighted by molar-refractivity contribution is -0.136. The van der Waals surface area contributed by atoms with E-state index in [2.05, 4.69) is 0 Å². The van der Waals surface area contributed by atoms with Gasteiger partial charge in [0.25, 0.3) is 5.91 Å². The number of rotatable bonds is 7. The Morgan fingerprint density at radius 1 is 0.844 bits per heavy atom. The Kier molecular flexibility index (Phi) is 6.73. The molecule has 0 saturated heterocycles. The zero-order chi connectivity index (χ0) is 23.4. The van der Waals surface area contributed by atoms with Gasteiger partial charge in [0.05, 0.1) is 46.7 Å². The molecule has 1 amide bonds. The molecule has 1 aliphatic rings. The molecule has 0 saturated carbocycles. The summed E-state index contributed by atoms with van der Waals surface area (Å²) in [6.07, 6.45) is 1.59. The van der Waals surface area contributed by atoms with Crippen molar-refractivity contribution in [2.75, 3.05) is 40.4 Å². The fourth-order valence-electron chi connectivity index (χ4n) is 3.62. The largest absolute Gasteiger partial charge is 0.497 e. The van der Waals surface area contributed by atoms with Crippen molar-refractivity contribution < 1.29 is 33.3 Å². The van der Waals surface area contributed by atoms with Gasteiger partial charge >= 0.3 is 5.97 Å². The van der Waals surface area contributed by atoms with Crippen molar-refractivity contribution in [1.82, 2.24) is 0 Å². The van der Waals surface area contributed by atoms with Crippen LogP contribution in [0.25, 0.3) is 6.08 Å². The molecular weight excluding hydrogens is 414 g/mol. The average molecular weight is 439 g/mol. The first-order valence-corrected chi connectivity index (χ1v) is 9.70. The Morgan fingerprint density at radius 3 is 2.03 bits per heavy atom. The van der Waals surface area contributed by atoms with Gasteiger partial charge in [0, 0.05) is 16.9 Å². The monoisotopic (exact) mass is 439 g/mol. The first-order chi connectivity index (χ1) is 15.4. The first-order valence-electron chi connectivity index (χ1n) is 9.70. The number of carbonyl (C=O) groups is 2. The lowest BCUT2D eigenvalue weighted by Gasteiger charge is -2.18. The predicted molar refractivity (Wildman–Crippen MR) is 119 cm³/mol. The van der Waals surface area contributed by atoms with Crippen LogP contribution in [0.5, 0.6) is 23.0 Å². The fraction of sp³-hybridized carbons (Fsp3) is 0.250. The molecule has 1 aliphatic heterocycles. The Balaban J connectivity index is 2.18. The molecule has 3 rings (SSSR count). The van der Waals surface area contributed by atoms with E-state index in [4.69, 9.17) is 23.7 Å². The summed E-state index contributed by atoms with van der Waals surface area (Å²) in [5.41, 5.74) is 1.94. The molecule has 8 heteroatoms. The van der Waals surface area contributed by atoms with E-state index < -0.39 is 5.97 Å². The SMILES string of the molecule is COC(=O)C1=C(C)N(c2ccc(OC)cc2)C(=O)/C1=C\c1ccc(OC)c(OC)c1OC. The first kappa shape index (κ1) is 22.7. The molecule has 0 aromatic heterocycles. The zero-order valence-corrected chi connectivity index (χ0v) is 18.8. The van der Waals surface area contributed by atoms with Crippen LogP contribution in [0.3, 0.4) is 0 Å². The number of anilines is 1. The van der Waals surface area contributed by atoms with Crippen molar-refractivity contribution >= 4 is 23.6 Å². The standard InChI is InChI=1S/C24H25NO7/c1-14-20(24(27)32-6)18(23(26)25(14)16-8-10-17(28-2)11-9-16)13-15-7-12-19(29-3)22(31-5)21(15)30-4/h7-13H,1-6H3/b18-13-. The van der Waals surface area contributed by atoms with E-state index in [1.807, 2.05) is 0 Å². The quantitative estimate of drug-likeness (QED) is 0.481. The Morgan fingerprint density at radius 2 is 1.50 bits per heavy atom. The Bertz CT molecular complexity index is 1100. The summed E-state index contributed by atoms with van der Waals surface area (Å²) < 4.78 is 26.4. The number of amides is 1. The number of ether oxygens (including phenoxy) is 5. The summed E-state index contributed by atoms with van der Waals surface area (Å²) in [7, 11) is 7.34. The third-order valence-electron chi connectivity index (χ3n) is 5.15. The lowest BCUT2D eigenvalue weighted by Crippen LogP contribution is -2.24. The number of methoxy groups -OCH3 is 5. The normalized spacial score (nSPS) is 14.6. The number of hydrogen-bond donors (Lipinski definition) is 0. The highest BCUT2D eigenvalue weighted by Gasteiger charge is 2.38. The van der Waals surface area contributed by atoms with E-state index in [1.165, 1.54) is 33.3 Å². The van der Waals surface area contributed by atoms with E-state index in [0.717, 1.165) is 0 Å². The molecule has 0 unspecified atom stereocenters. The van der Waals surface area contributed by atoms with Gasteiger partial charge < -0.3 is 23.7 Å². The molecular formula is C24H25NO7. The van der Waals surface area contributed by atoms with Crippen molar-refractivity contribution in [1.29, 1.82) is 0 Å². The van der Waals surface area contributed by atoms with Crippen molar-refractivity contribution in [3.63, 3.8) is 0 Å². The minimum Gasteiger partial charge on any atom is -0.497 e. The highest BCUT2D eigenvalue weighted by Crippen LogP contribution is 2.42. The number of allylic oxidation sites excluding steroid dienone is 1. The van der Waals surface area contributed by atoms with Crippen molar-refractivity contribution in [3.05, 3.63) is 58.8 Å². The maximum Gasteiger partial charge on any atom is 0.340 e. The van der Waals surface area contributed by atoms with E-state index in [-0.39, 0.29) is 17.1 Å². The van der Waals surface area contributed by atoms with Gasteiger partial charge in [-0.15, -0.1) is 0 Å². The maximum absolute atomic E-state index is 13.5. The molecule has 2 aromatic rings. The van der Waals surface area contributed by atoms with Crippen LogP contribution < -0.4 is 23.8 Å². The highest BCUT2D eigenvalue weighted by molar-refractivity contribution is 6.24. The molecule has 0 spiro atoms. The molecule has 168 valence electrons. The van der Waals surface area contributed by atoms with Gasteiger partial charge in [-0.1, -0.05) is 0 Å². The van der Waals surface area contributed by atoms with Gasteiger partial charge in [0.2, 0.25) is 5.75 Å². The van der Waals surface area contributed by atoms with Crippen LogP contribution in [0.2, 0.25) is 0 Å². The molecule has 8 nitrogen and oxygen atoms in total. The molecule has 32 heavy (non-hydrogen) atoms. The summed E-state index contributed by atoms with van der Waals surface area (Å²) >= 11 is 0. The van der Waals surface area contributed by atoms with Crippen LogP contribution in [-0.4, -0.2) is 47.4 Å². The average Bonchev–Trinajstić information content (AvgIpc) is 3.07. The van der Waals surface area contributed by atoms with Gasteiger partial charge in [0.15, 0.2) is 11.5 Å². The van der Waals surface area contributed by atoms with Gasteiger partial charge in [0.1, 0.15) is 5.75 Å². The number of benzene rings is 2. The summed E-state index contributed by atoms with van der Waals surface area (Å²) in [4.78, 5) is 27.6. The van der Waals surface area contributed by atoms with E-state index in [9.17, 15) is 9.59 Å². The van der Waals surface area contributed by atoms with Gasteiger partial charge in [-0.25, -0.2) is 4.79 Å². The van der Waals surface area contributed by atoms with Crippen molar-refractivity contribution in [2.24, 2.45) is 0 Å². The molecule has 0 bridgehead atoms. The topological polar surface area (TPSA) is 83.5 Å². The minimum atomic E-state index is -0.613. The second-order valence-electron chi connectivity index (χ2n) is 6.77. The third kappa shape index (κ3) is 3.87. The highest BCUT2D eigenvalue weighted by atomic mass is 16.5. The smallest absolute Gasteiger partial charge is 0.340 e. The number of hydrogen-bond acceptors (Lipinski definition) is 7. The molecule has 0 aliphatic carbocycles. The minimum absolute atomic E-state index is 0.171. The van der Waals surface area contributed by atoms with Gasteiger partial charge in [-0.3, -0.25) is 9.69 Å². The van der Waals surface area contributed by atoms with Crippen LogP contribution in [0.4, 0.5) is 5.69 Å². The van der Waals surface area contributed by atoms with Gasteiger partial charge in [-0.2, -0.15) is 0 Å². The summed E-state index contributed by atoms with van der Waals surface area (Å²) in [6, 6.07) is 10.4. The van der Waals surface area contributed by atoms with Crippen LogP contribution in [0.15, 0.2) is 53.2 Å². The van der Waals surface area contributed by atoms with Crippen LogP contribution in [-0.2, 0) is 14.3 Å². The second-order valence-corrected chi connectivity index (χ2v) is 6.77. The predicted octanol–water partition coefficient (Wildman–Crippen LogP) is 3.60. The van der Waals surface area contributed by atoms with Crippen molar-refractivity contribution in [3.8, 4) is 23.0 Å². The third-order valence-corrected chi connectivity index (χ3v) is 5.15. The molecule has 0 radical (unpaired) electrons. The lowest BCUT2D eigenvalue weighted by atomic mass is 10.0. The molecule has 0 atom stereocenters. The number of esters is 1. The Hall–Kier alpha value is -3.94. The Labute approximate surface area is 186 Å². The molecule has 0 fully saturated rings. The van der Waals surface area contributed by atoms with E-state index >= 15 is 0 Å². The summed E-state index contributed by atoms with van der Waals surface area (Å²) in [6.45, 7) is 1.70. The van der Waals surface area contributed by atoms with Crippen LogP contribution in [0.1, 0.15) is 12.5 Å². The van der Waals surface area contributed by atoms with E-state index in [0.29, 0.717) is 39.9 Å². The second kappa shape index (κ2) is 9.47. The number of carbonyl (C=O) groups excluding carboxylic acids is 2. The molecule has 1 heterocycles. The zero-order valence-electron chi connectivity index (χ0n) is 18.8. The van der Waals surface area contributed by atoms with Crippen LogP contribution >= 0.6 is 0 Å². The maximum atomic E-state index is 13.5.